The summed E-state index contributed by atoms with van der Waals surface area (Å²) in [5.74, 6) is 0. The quantitative estimate of drug-likeness (QED) is 0.537. The molecule has 1 aromatic rings. The van der Waals surface area contributed by atoms with Crippen LogP contribution in [-0.2, 0) is 0 Å². The highest BCUT2D eigenvalue weighted by Crippen LogP contribution is 2.07. The number of nitrogens with zero attached hydrogens (tertiary/aromatic N) is 1. The summed E-state index contributed by atoms with van der Waals surface area (Å²) in [6.45, 7) is 3.66. The van der Waals surface area contributed by atoms with Gasteiger partial charge in [-0.25, -0.2) is 0 Å². The molecule has 0 fully saturated rings. The maximum absolute atomic E-state index is 8.72. The van der Waals surface area contributed by atoms with Gasteiger partial charge in [-0.05, 0) is 13.8 Å². The third kappa shape index (κ3) is 1.37. The molecule has 54 valence electrons. The van der Waals surface area contributed by atoms with Gasteiger partial charge in [0.1, 0.15) is 0 Å². The summed E-state index contributed by atoms with van der Waals surface area (Å²) in [5.41, 5.74) is 0.377. The van der Waals surface area contributed by atoms with Crippen LogP contribution in [0.4, 0.5) is 0 Å². The van der Waals surface area contributed by atoms with E-state index in [0.29, 0.717) is 5.59 Å². The Bertz CT molecular complexity index is 236. The van der Waals surface area contributed by atoms with Gasteiger partial charge >= 0.3 is 7.12 Å². The molecule has 0 spiro atoms. The molecule has 0 radical (unpaired) electrons. The molecule has 0 saturated heterocycles. The molecule has 3 nitrogen and oxygen atoms in total. The highest BCUT2D eigenvalue weighted by Gasteiger charge is 2.17. The Balaban J connectivity index is 3.03. The van der Waals surface area contributed by atoms with Gasteiger partial charge in [-0.15, -0.1) is 11.3 Å². The first-order valence-corrected chi connectivity index (χ1v) is 3.73. The summed E-state index contributed by atoms with van der Waals surface area (Å²) in [4.78, 5) is 4.80. The first-order chi connectivity index (χ1) is 4.61. The van der Waals surface area contributed by atoms with Crippen molar-refractivity contribution in [2.75, 3.05) is 0 Å². The first-order valence-electron chi connectivity index (χ1n) is 2.91. The molecule has 1 aromatic heterocycles. The third-order valence-electron chi connectivity index (χ3n) is 1.18. The topological polar surface area (TPSA) is 53.4 Å². The van der Waals surface area contributed by atoms with Crippen LogP contribution in [0.3, 0.4) is 0 Å². The molecule has 0 aliphatic carbocycles. The minimum absolute atomic E-state index is 0.377. The molecule has 0 saturated carbocycles. The van der Waals surface area contributed by atoms with Crippen LogP contribution >= 0.6 is 11.3 Å². The Labute approximate surface area is 63.5 Å². The van der Waals surface area contributed by atoms with Crippen molar-refractivity contribution in [2.45, 2.75) is 13.8 Å². The van der Waals surface area contributed by atoms with Crippen molar-refractivity contribution in [3.05, 3.63) is 9.88 Å². The number of aryl methyl sites for hydroxylation is 2. The van der Waals surface area contributed by atoms with Gasteiger partial charge in [-0.3, -0.25) is 4.98 Å². The lowest BCUT2D eigenvalue weighted by Crippen LogP contribution is -2.32. The van der Waals surface area contributed by atoms with Gasteiger partial charge in [0.05, 0.1) is 10.6 Å². The molecule has 0 aliphatic rings. The van der Waals surface area contributed by atoms with E-state index in [9.17, 15) is 0 Å². The highest BCUT2D eigenvalue weighted by molar-refractivity contribution is 7.12. The average Bonchev–Trinajstić information content (AvgIpc) is 2.10. The zero-order chi connectivity index (χ0) is 7.72. The van der Waals surface area contributed by atoms with Crippen molar-refractivity contribution in [2.24, 2.45) is 0 Å². The van der Waals surface area contributed by atoms with Crippen LogP contribution in [0.5, 0.6) is 0 Å². The van der Waals surface area contributed by atoms with E-state index < -0.39 is 7.12 Å². The van der Waals surface area contributed by atoms with E-state index in [1.165, 1.54) is 11.3 Å². The number of rotatable bonds is 1. The number of hydrogen-bond acceptors (Lipinski definition) is 4. The minimum Gasteiger partial charge on any atom is -0.422 e. The van der Waals surface area contributed by atoms with Gasteiger partial charge in [0.2, 0.25) is 0 Å². The zero-order valence-corrected chi connectivity index (χ0v) is 6.64. The molecule has 10 heavy (non-hydrogen) atoms. The third-order valence-corrected chi connectivity index (χ3v) is 2.09. The van der Waals surface area contributed by atoms with Crippen molar-refractivity contribution in [1.29, 1.82) is 0 Å². The summed E-state index contributed by atoms with van der Waals surface area (Å²) in [6, 6.07) is 0. The Hall–Kier alpha value is -0.385. The van der Waals surface area contributed by atoms with E-state index in [2.05, 4.69) is 4.98 Å². The number of hydrogen-bond donors (Lipinski definition) is 2. The smallest absolute Gasteiger partial charge is 0.422 e. The standard InChI is InChI=1S/C5H8BNO2S/c1-3-5(6(8)9)7-4(2)10-3/h8-9H,1-2H3. The van der Waals surface area contributed by atoms with E-state index in [1.807, 2.05) is 13.8 Å². The fraction of sp³-hybridized carbons (Fsp3) is 0.400. The Morgan fingerprint density at radius 3 is 2.20 bits per heavy atom. The van der Waals surface area contributed by atoms with E-state index in [4.69, 9.17) is 10.0 Å². The molecule has 2 N–H and O–H groups in total. The monoisotopic (exact) mass is 157 g/mol. The van der Waals surface area contributed by atoms with Crippen LogP contribution in [0.25, 0.3) is 0 Å². The lowest BCUT2D eigenvalue weighted by atomic mass is 9.85. The molecular weight excluding hydrogens is 149 g/mol. The second kappa shape index (κ2) is 2.69. The molecule has 0 aromatic carbocycles. The molecule has 0 bridgehead atoms. The first kappa shape index (κ1) is 7.72. The maximum Gasteiger partial charge on any atom is 0.509 e. The normalized spacial score (nSPS) is 10.0. The van der Waals surface area contributed by atoms with Crippen LogP contribution in [0.1, 0.15) is 9.88 Å². The highest BCUT2D eigenvalue weighted by atomic mass is 32.1. The SMILES string of the molecule is Cc1nc(B(O)O)c(C)s1. The molecule has 1 rings (SSSR count). The van der Waals surface area contributed by atoms with Gasteiger partial charge in [0.15, 0.2) is 0 Å². The predicted molar refractivity (Wildman–Crippen MR) is 41.4 cm³/mol. The summed E-state index contributed by atoms with van der Waals surface area (Å²) >= 11 is 1.47. The van der Waals surface area contributed by atoms with E-state index >= 15 is 0 Å². The molecule has 0 atom stereocenters. The average molecular weight is 157 g/mol. The van der Waals surface area contributed by atoms with Gasteiger partial charge in [0.25, 0.3) is 0 Å². The second-order valence-corrected chi connectivity index (χ2v) is 3.46. The van der Waals surface area contributed by atoms with Crippen LogP contribution in [-0.4, -0.2) is 22.2 Å². The van der Waals surface area contributed by atoms with Crippen LogP contribution in [0, 0.1) is 13.8 Å². The van der Waals surface area contributed by atoms with E-state index in [1.54, 1.807) is 0 Å². The minimum atomic E-state index is -1.43. The van der Waals surface area contributed by atoms with Gasteiger partial charge < -0.3 is 10.0 Å². The number of thiazole rings is 1. The Morgan fingerprint density at radius 1 is 1.40 bits per heavy atom. The molecular formula is C5H8BNO2S. The largest absolute Gasteiger partial charge is 0.509 e. The van der Waals surface area contributed by atoms with Crippen LogP contribution in [0.15, 0.2) is 0 Å². The van der Waals surface area contributed by atoms with Crippen molar-refractivity contribution in [3.8, 4) is 0 Å². The summed E-state index contributed by atoms with van der Waals surface area (Å²) in [6.07, 6.45) is 0. The summed E-state index contributed by atoms with van der Waals surface area (Å²) in [7, 11) is -1.43. The molecule has 1 heterocycles. The van der Waals surface area contributed by atoms with Crippen molar-refractivity contribution < 1.29 is 10.0 Å². The second-order valence-electron chi connectivity index (χ2n) is 2.05. The predicted octanol–water partition coefficient (Wildman–Crippen LogP) is -0.560. The Morgan fingerprint density at radius 2 is 2.00 bits per heavy atom. The van der Waals surface area contributed by atoms with Crippen molar-refractivity contribution >= 4 is 24.0 Å². The fourth-order valence-electron chi connectivity index (χ4n) is 0.785. The lowest BCUT2D eigenvalue weighted by Gasteiger charge is -1.91. The Kier molecular flexibility index (Phi) is 2.08. The van der Waals surface area contributed by atoms with Crippen molar-refractivity contribution in [1.82, 2.24) is 4.98 Å². The van der Waals surface area contributed by atoms with E-state index in [0.717, 1.165) is 9.88 Å². The fourth-order valence-corrected chi connectivity index (χ4v) is 1.63. The van der Waals surface area contributed by atoms with Crippen LogP contribution in [0.2, 0.25) is 0 Å². The van der Waals surface area contributed by atoms with Gasteiger partial charge in [0, 0.05) is 4.88 Å². The zero-order valence-electron chi connectivity index (χ0n) is 5.83. The molecule has 0 aliphatic heterocycles. The van der Waals surface area contributed by atoms with E-state index in [-0.39, 0.29) is 0 Å². The summed E-state index contributed by atoms with van der Waals surface area (Å²) < 4.78 is 0. The van der Waals surface area contributed by atoms with Gasteiger partial charge in [-0.2, -0.15) is 0 Å². The maximum atomic E-state index is 8.72. The van der Waals surface area contributed by atoms with Crippen molar-refractivity contribution in [3.63, 3.8) is 0 Å². The van der Waals surface area contributed by atoms with Crippen LogP contribution < -0.4 is 5.59 Å². The molecule has 5 heteroatoms. The van der Waals surface area contributed by atoms with Gasteiger partial charge in [-0.1, -0.05) is 0 Å². The molecule has 0 amide bonds. The molecule has 0 unspecified atom stereocenters. The lowest BCUT2D eigenvalue weighted by molar-refractivity contribution is 0.424. The number of aromatic nitrogens is 1. The summed E-state index contributed by atoms with van der Waals surface area (Å²) in [5, 5.41) is 18.3.